The van der Waals surface area contributed by atoms with Crippen molar-refractivity contribution in [2.24, 2.45) is 0 Å². The third kappa shape index (κ3) is 4.45. The van der Waals surface area contributed by atoms with E-state index in [2.05, 4.69) is 5.32 Å². The molecule has 0 aliphatic carbocycles. The first-order valence-corrected chi connectivity index (χ1v) is 6.69. The lowest BCUT2D eigenvalue weighted by atomic mass is 10.1. The van der Waals surface area contributed by atoms with E-state index >= 15 is 0 Å². The third-order valence-corrected chi connectivity index (χ3v) is 3.11. The van der Waals surface area contributed by atoms with Crippen LogP contribution in [0.5, 0.6) is 5.75 Å². The van der Waals surface area contributed by atoms with Gasteiger partial charge in [0.25, 0.3) is 0 Å². The van der Waals surface area contributed by atoms with Gasteiger partial charge in [-0.25, -0.2) is 0 Å². The molecule has 0 radical (unpaired) electrons. The fourth-order valence-corrected chi connectivity index (χ4v) is 1.96. The summed E-state index contributed by atoms with van der Waals surface area (Å²) in [7, 11) is 1.62. The molecule has 0 aliphatic rings. The van der Waals surface area contributed by atoms with Crippen molar-refractivity contribution in [1.29, 1.82) is 0 Å². The number of amides is 1. The second-order valence-electron chi connectivity index (χ2n) is 4.64. The molecule has 0 aliphatic heterocycles. The van der Waals surface area contributed by atoms with Gasteiger partial charge in [0, 0.05) is 17.7 Å². The summed E-state index contributed by atoms with van der Waals surface area (Å²) < 4.78 is 5.09. The molecule has 4 nitrogen and oxygen atoms in total. The number of hydrogen-bond donors (Lipinski definition) is 1. The molecule has 2 aromatic rings. The number of aryl methyl sites for hydroxylation is 1. The maximum Gasteiger partial charge on any atom is 0.224 e. The summed E-state index contributed by atoms with van der Waals surface area (Å²) in [5.74, 6) is 0.725. The monoisotopic (exact) mass is 283 g/mol. The van der Waals surface area contributed by atoms with Gasteiger partial charge >= 0.3 is 0 Å². The van der Waals surface area contributed by atoms with Crippen molar-refractivity contribution >= 4 is 17.9 Å². The maximum atomic E-state index is 11.9. The highest BCUT2D eigenvalue weighted by atomic mass is 16.5. The molecule has 21 heavy (non-hydrogen) atoms. The van der Waals surface area contributed by atoms with Crippen molar-refractivity contribution in [3.8, 4) is 5.75 Å². The molecule has 0 aromatic heterocycles. The zero-order valence-corrected chi connectivity index (χ0v) is 11.8. The number of rotatable bonds is 6. The molecular weight excluding hydrogens is 266 g/mol. The van der Waals surface area contributed by atoms with E-state index in [1.54, 1.807) is 31.4 Å². The van der Waals surface area contributed by atoms with Gasteiger partial charge in [0.15, 0.2) is 0 Å². The van der Waals surface area contributed by atoms with Gasteiger partial charge in [-0.1, -0.05) is 24.3 Å². The predicted molar refractivity (Wildman–Crippen MR) is 81.8 cm³/mol. The smallest absolute Gasteiger partial charge is 0.224 e. The second kappa shape index (κ2) is 7.24. The fourth-order valence-electron chi connectivity index (χ4n) is 1.96. The number of hydrogen-bond acceptors (Lipinski definition) is 3. The van der Waals surface area contributed by atoms with E-state index in [1.807, 2.05) is 24.3 Å². The van der Waals surface area contributed by atoms with Crippen LogP contribution < -0.4 is 10.1 Å². The van der Waals surface area contributed by atoms with Crippen LogP contribution in [0.2, 0.25) is 0 Å². The Kier molecular flexibility index (Phi) is 5.10. The Bertz CT molecular complexity index is 620. The number of carbonyl (C=O) groups excluding carboxylic acids is 2. The molecule has 0 bridgehead atoms. The van der Waals surface area contributed by atoms with Gasteiger partial charge < -0.3 is 10.1 Å². The number of carbonyl (C=O) groups is 2. The van der Waals surface area contributed by atoms with E-state index in [0.29, 0.717) is 24.1 Å². The van der Waals surface area contributed by atoms with E-state index in [4.69, 9.17) is 4.74 Å². The second-order valence-corrected chi connectivity index (χ2v) is 4.64. The Morgan fingerprint density at radius 3 is 2.62 bits per heavy atom. The molecular formula is C17H17NO3. The van der Waals surface area contributed by atoms with Crippen molar-refractivity contribution in [1.82, 2.24) is 0 Å². The minimum atomic E-state index is -0.0751. The Morgan fingerprint density at radius 1 is 1.19 bits per heavy atom. The lowest BCUT2D eigenvalue weighted by Crippen LogP contribution is -2.12. The zero-order chi connectivity index (χ0) is 15.1. The maximum absolute atomic E-state index is 11.9. The SMILES string of the molecule is COc1ccc(CCC(=O)Nc2cccc(C=O)c2)cc1. The molecule has 1 N–H and O–H groups in total. The number of anilines is 1. The van der Waals surface area contributed by atoms with Gasteiger partial charge in [0.2, 0.25) is 5.91 Å². The summed E-state index contributed by atoms with van der Waals surface area (Å²) in [5, 5.41) is 2.79. The normalized spacial score (nSPS) is 9.95. The first-order valence-electron chi connectivity index (χ1n) is 6.69. The summed E-state index contributed by atoms with van der Waals surface area (Å²) in [6.07, 6.45) is 1.80. The quantitative estimate of drug-likeness (QED) is 0.829. The summed E-state index contributed by atoms with van der Waals surface area (Å²) in [5.41, 5.74) is 2.26. The van der Waals surface area contributed by atoms with E-state index in [0.717, 1.165) is 17.6 Å². The Hall–Kier alpha value is -2.62. The first-order chi connectivity index (χ1) is 10.2. The van der Waals surface area contributed by atoms with Crippen LogP contribution in [0.25, 0.3) is 0 Å². The molecule has 0 spiro atoms. The van der Waals surface area contributed by atoms with Crippen molar-refractivity contribution < 1.29 is 14.3 Å². The van der Waals surface area contributed by atoms with Gasteiger partial charge in [0.1, 0.15) is 12.0 Å². The van der Waals surface area contributed by atoms with Gasteiger partial charge in [-0.3, -0.25) is 9.59 Å². The predicted octanol–water partition coefficient (Wildman–Crippen LogP) is 3.08. The van der Waals surface area contributed by atoms with Crippen LogP contribution in [0, 0.1) is 0 Å². The van der Waals surface area contributed by atoms with Crippen molar-refractivity contribution in [3.63, 3.8) is 0 Å². The zero-order valence-electron chi connectivity index (χ0n) is 11.8. The van der Waals surface area contributed by atoms with Gasteiger partial charge in [-0.05, 0) is 36.2 Å². The van der Waals surface area contributed by atoms with E-state index in [1.165, 1.54) is 0 Å². The molecule has 0 atom stereocenters. The van der Waals surface area contributed by atoms with E-state index in [-0.39, 0.29) is 5.91 Å². The minimum absolute atomic E-state index is 0.0751. The van der Waals surface area contributed by atoms with Crippen LogP contribution in [-0.4, -0.2) is 19.3 Å². The summed E-state index contributed by atoms with van der Waals surface area (Å²) in [6.45, 7) is 0. The molecule has 0 heterocycles. The standard InChI is InChI=1S/C17H17NO3/c1-21-16-8-5-13(6-9-16)7-10-17(20)18-15-4-2-3-14(11-15)12-19/h2-6,8-9,11-12H,7,10H2,1H3,(H,18,20). The van der Waals surface area contributed by atoms with Gasteiger partial charge in [-0.2, -0.15) is 0 Å². The summed E-state index contributed by atoms with van der Waals surface area (Å²) in [6, 6.07) is 14.5. The highest BCUT2D eigenvalue weighted by Crippen LogP contribution is 2.14. The molecule has 0 fully saturated rings. The molecule has 0 saturated carbocycles. The number of benzene rings is 2. The highest BCUT2D eigenvalue weighted by Gasteiger charge is 2.04. The van der Waals surface area contributed by atoms with Gasteiger partial charge in [-0.15, -0.1) is 0 Å². The summed E-state index contributed by atoms with van der Waals surface area (Å²) in [4.78, 5) is 22.6. The van der Waals surface area contributed by atoms with E-state index in [9.17, 15) is 9.59 Å². The van der Waals surface area contributed by atoms with Crippen molar-refractivity contribution in [3.05, 3.63) is 59.7 Å². The lowest BCUT2D eigenvalue weighted by Gasteiger charge is -2.06. The Labute approximate surface area is 123 Å². The van der Waals surface area contributed by atoms with Crippen LogP contribution in [0.4, 0.5) is 5.69 Å². The number of aldehydes is 1. The van der Waals surface area contributed by atoms with Crippen molar-refractivity contribution in [2.45, 2.75) is 12.8 Å². The third-order valence-electron chi connectivity index (χ3n) is 3.11. The molecule has 0 unspecified atom stereocenters. The average molecular weight is 283 g/mol. The first kappa shape index (κ1) is 14.8. The Balaban J connectivity index is 1.87. The van der Waals surface area contributed by atoms with Crippen LogP contribution in [0.15, 0.2) is 48.5 Å². The highest BCUT2D eigenvalue weighted by molar-refractivity contribution is 5.91. The molecule has 4 heteroatoms. The molecule has 108 valence electrons. The van der Waals surface area contributed by atoms with Crippen LogP contribution in [-0.2, 0) is 11.2 Å². The molecule has 2 aromatic carbocycles. The fraction of sp³-hybridized carbons (Fsp3) is 0.176. The van der Waals surface area contributed by atoms with Gasteiger partial charge in [0.05, 0.1) is 7.11 Å². The van der Waals surface area contributed by atoms with Crippen LogP contribution in [0.3, 0.4) is 0 Å². The van der Waals surface area contributed by atoms with Crippen molar-refractivity contribution in [2.75, 3.05) is 12.4 Å². The summed E-state index contributed by atoms with van der Waals surface area (Å²) >= 11 is 0. The molecule has 1 amide bonds. The average Bonchev–Trinajstić information content (AvgIpc) is 2.53. The molecule has 2 rings (SSSR count). The number of ether oxygens (including phenoxy) is 1. The van der Waals surface area contributed by atoms with Crippen LogP contribution in [0.1, 0.15) is 22.3 Å². The molecule has 0 saturated heterocycles. The minimum Gasteiger partial charge on any atom is -0.497 e. The topological polar surface area (TPSA) is 55.4 Å². The number of nitrogens with one attached hydrogen (secondary N) is 1. The lowest BCUT2D eigenvalue weighted by molar-refractivity contribution is -0.116. The van der Waals surface area contributed by atoms with Crippen LogP contribution >= 0.6 is 0 Å². The largest absolute Gasteiger partial charge is 0.497 e. The Morgan fingerprint density at radius 2 is 1.95 bits per heavy atom. The number of methoxy groups -OCH3 is 1. The van der Waals surface area contributed by atoms with E-state index < -0.39 is 0 Å².